The van der Waals surface area contributed by atoms with E-state index in [4.69, 9.17) is 9.84 Å². The van der Waals surface area contributed by atoms with Crippen LogP contribution in [0.1, 0.15) is 47.8 Å². The summed E-state index contributed by atoms with van der Waals surface area (Å²) in [6.07, 6.45) is 4.46. The van der Waals surface area contributed by atoms with E-state index >= 15 is 0 Å². The zero-order valence-corrected chi connectivity index (χ0v) is 9.56. The second kappa shape index (κ2) is 4.15. The highest BCUT2D eigenvalue weighted by Gasteiger charge is 2.27. The lowest BCUT2D eigenvalue weighted by Gasteiger charge is -2.12. The van der Waals surface area contributed by atoms with Crippen molar-refractivity contribution >= 4 is 5.97 Å². The van der Waals surface area contributed by atoms with Crippen molar-refractivity contribution in [3.8, 4) is 5.88 Å². The van der Waals surface area contributed by atoms with Crippen LogP contribution < -0.4 is 4.74 Å². The Morgan fingerprint density at radius 1 is 1.50 bits per heavy atom. The second-order valence-corrected chi connectivity index (χ2v) is 4.16. The van der Waals surface area contributed by atoms with E-state index in [2.05, 4.69) is 5.10 Å². The first kappa shape index (κ1) is 11.0. The molecular weight excluding hydrogens is 208 g/mol. The molecule has 1 aliphatic rings. The van der Waals surface area contributed by atoms with Crippen LogP contribution in [0.2, 0.25) is 0 Å². The van der Waals surface area contributed by atoms with Crippen LogP contribution in [-0.4, -0.2) is 28.0 Å². The van der Waals surface area contributed by atoms with Gasteiger partial charge in [0.05, 0.1) is 18.8 Å². The van der Waals surface area contributed by atoms with Gasteiger partial charge in [0.2, 0.25) is 5.88 Å². The number of aromatic nitrogens is 2. The van der Waals surface area contributed by atoms with E-state index in [1.165, 1.54) is 20.0 Å². The lowest BCUT2D eigenvalue weighted by Crippen LogP contribution is -2.09. The maximum absolute atomic E-state index is 11.1. The SMILES string of the molecule is COc1c(C(=O)O)c(C)nn1C1CCCC1. The number of carbonyl (C=O) groups is 1. The Morgan fingerprint density at radius 3 is 2.62 bits per heavy atom. The van der Waals surface area contributed by atoms with Gasteiger partial charge in [0.25, 0.3) is 0 Å². The summed E-state index contributed by atoms with van der Waals surface area (Å²) in [7, 11) is 1.49. The minimum absolute atomic E-state index is 0.189. The lowest BCUT2D eigenvalue weighted by atomic mass is 10.2. The third-order valence-electron chi connectivity index (χ3n) is 3.12. The molecule has 1 aromatic heterocycles. The Balaban J connectivity index is 2.45. The molecule has 0 aliphatic heterocycles. The Bertz CT molecular complexity index is 406. The Kier molecular flexibility index (Phi) is 2.85. The molecule has 1 saturated carbocycles. The van der Waals surface area contributed by atoms with Gasteiger partial charge in [-0.15, -0.1) is 0 Å². The average Bonchev–Trinajstić information content (AvgIpc) is 2.82. The van der Waals surface area contributed by atoms with Crippen molar-refractivity contribution in [2.24, 2.45) is 0 Å². The molecule has 0 saturated heterocycles. The van der Waals surface area contributed by atoms with Crippen molar-refractivity contribution in [2.75, 3.05) is 7.11 Å². The number of nitrogens with zero attached hydrogens (tertiary/aromatic N) is 2. The number of rotatable bonds is 3. The predicted molar refractivity (Wildman–Crippen MR) is 58.0 cm³/mol. The Morgan fingerprint density at radius 2 is 2.12 bits per heavy atom. The molecule has 16 heavy (non-hydrogen) atoms. The van der Waals surface area contributed by atoms with E-state index in [0.29, 0.717) is 17.6 Å². The average molecular weight is 224 g/mol. The van der Waals surface area contributed by atoms with Gasteiger partial charge < -0.3 is 9.84 Å². The summed E-state index contributed by atoms with van der Waals surface area (Å²) in [5.74, 6) is -0.588. The summed E-state index contributed by atoms with van der Waals surface area (Å²) in [5.41, 5.74) is 0.714. The fraction of sp³-hybridized carbons (Fsp3) is 0.636. The molecule has 2 rings (SSSR count). The van der Waals surface area contributed by atoms with Gasteiger partial charge in [0.1, 0.15) is 5.56 Å². The first-order chi connectivity index (χ1) is 7.65. The van der Waals surface area contributed by atoms with Crippen LogP contribution >= 0.6 is 0 Å². The zero-order valence-electron chi connectivity index (χ0n) is 9.56. The number of ether oxygens (including phenoxy) is 1. The van der Waals surface area contributed by atoms with E-state index < -0.39 is 5.97 Å². The molecule has 0 atom stereocenters. The van der Waals surface area contributed by atoms with Crippen LogP contribution in [0.15, 0.2) is 0 Å². The van der Waals surface area contributed by atoms with Crippen molar-refractivity contribution in [2.45, 2.75) is 38.6 Å². The Hall–Kier alpha value is -1.52. The molecule has 1 N–H and O–H groups in total. The number of carboxylic acids is 1. The molecule has 1 heterocycles. The molecule has 1 aliphatic carbocycles. The number of hydrogen-bond acceptors (Lipinski definition) is 3. The third kappa shape index (κ3) is 1.66. The van der Waals surface area contributed by atoms with Crippen LogP contribution in [0.4, 0.5) is 0 Å². The van der Waals surface area contributed by atoms with Crippen molar-refractivity contribution in [1.82, 2.24) is 9.78 Å². The summed E-state index contributed by atoms with van der Waals surface area (Å²) in [6, 6.07) is 0.293. The van der Waals surface area contributed by atoms with Gasteiger partial charge in [-0.3, -0.25) is 0 Å². The maximum atomic E-state index is 11.1. The topological polar surface area (TPSA) is 64.3 Å². The first-order valence-corrected chi connectivity index (χ1v) is 5.51. The largest absolute Gasteiger partial charge is 0.481 e. The molecule has 5 heteroatoms. The molecule has 0 spiro atoms. The molecular formula is C11H16N2O3. The summed E-state index contributed by atoms with van der Waals surface area (Å²) in [5, 5.41) is 13.4. The van der Waals surface area contributed by atoms with Gasteiger partial charge in [-0.05, 0) is 19.8 Å². The zero-order chi connectivity index (χ0) is 11.7. The van der Waals surface area contributed by atoms with Crippen LogP contribution in [0.25, 0.3) is 0 Å². The molecule has 0 bridgehead atoms. The van der Waals surface area contributed by atoms with Crippen molar-refractivity contribution < 1.29 is 14.6 Å². The summed E-state index contributed by atoms with van der Waals surface area (Å²) >= 11 is 0. The van der Waals surface area contributed by atoms with Gasteiger partial charge in [0.15, 0.2) is 0 Å². The van der Waals surface area contributed by atoms with Crippen LogP contribution in [0, 0.1) is 6.92 Å². The van der Waals surface area contributed by atoms with Crippen LogP contribution in [0.3, 0.4) is 0 Å². The smallest absolute Gasteiger partial charge is 0.343 e. The molecule has 0 unspecified atom stereocenters. The highest BCUT2D eigenvalue weighted by molar-refractivity contribution is 5.91. The van der Waals surface area contributed by atoms with E-state index in [9.17, 15) is 4.79 Å². The summed E-state index contributed by atoms with van der Waals surface area (Å²) < 4.78 is 6.93. The fourth-order valence-corrected chi connectivity index (χ4v) is 2.36. The Labute approximate surface area is 94.0 Å². The van der Waals surface area contributed by atoms with Gasteiger partial charge >= 0.3 is 5.97 Å². The number of methoxy groups -OCH3 is 1. The van der Waals surface area contributed by atoms with Crippen molar-refractivity contribution in [1.29, 1.82) is 0 Å². The number of carboxylic acid groups (broad SMARTS) is 1. The molecule has 0 aromatic carbocycles. The van der Waals surface area contributed by atoms with Gasteiger partial charge in [0, 0.05) is 0 Å². The standard InChI is InChI=1S/C11H16N2O3/c1-7-9(11(14)15)10(16-2)13(12-7)8-5-3-4-6-8/h8H,3-6H2,1-2H3,(H,14,15). The fourth-order valence-electron chi connectivity index (χ4n) is 2.36. The normalized spacial score (nSPS) is 16.6. The van der Waals surface area contributed by atoms with E-state index in [1.807, 2.05) is 0 Å². The molecule has 0 amide bonds. The van der Waals surface area contributed by atoms with E-state index in [-0.39, 0.29) is 5.56 Å². The minimum Gasteiger partial charge on any atom is -0.481 e. The van der Waals surface area contributed by atoms with Crippen molar-refractivity contribution in [3.05, 3.63) is 11.3 Å². The lowest BCUT2D eigenvalue weighted by molar-refractivity contribution is 0.0692. The first-order valence-electron chi connectivity index (χ1n) is 5.51. The van der Waals surface area contributed by atoms with Crippen LogP contribution in [0.5, 0.6) is 5.88 Å². The van der Waals surface area contributed by atoms with E-state index in [0.717, 1.165) is 12.8 Å². The molecule has 88 valence electrons. The van der Waals surface area contributed by atoms with Gasteiger partial charge in [-0.2, -0.15) is 5.10 Å². The van der Waals surface area contributed by atoms with Crippen LogP contribution in [-0.2, 0) is 0 Å². The maximum Gasteiger partial charge on any atom is 0.343 e. The summed E-state index contributed by atoms with van der Waals surface area (Å²) in [4.78, 5) is 11.1. The second-order valence-electron chi connectivity index (χ2n) is 4.16. The highest BCUT2D eigenvalue weighted by Crippen LogP contribution is 2.34. The number of hydrogen-bond donors (Lipinski definition) is 1. The number of aromatic carboxylic acids is 1. The van der Waals surface area contributed by atoms with Gasteiger partial charge in [-0.1, -0.05) is 12.8 Å². The molecule has 1 aromatic rings. The third-order valence-corrected chi connectivity index (χ3v) is 3.12. The quantitative estimate of drug-likeness (QED) is 0.853. The minimum atomic E-state index is -0.974. The molecule has 5 nitrogen and oxygen atoms in total. The van der Waals surface area contributed by atoms with Gasteiger partial charge in [-0.25, -0.2) is 9.48 Å². The highest BCUT2D eigenvalue weighted by atomic mass is 16.5. The van der Waals surface area contributed by atoms with E-state index in [1.54, 1.807) is 11.6 Å². The molecule has 1 fully saturated rings. The summed E-state index contributed by atoms with van der Waals surface area (Å²) in [6.45, 7) is 1.71. The monoisotopic (exact) mass is 224 g/mol. The molecule has 0 radical (unpaired) electrons. The predicted octanol–water partition coefficient (Wildman–Crippen LogP) is 2.01. The van der Waals surface area contributed by atoms with Crippen molar-refractivity contribution in [3.63, 3.8) is 0 Å². The number of aryl methyl sites for hydroxylation is 1.